The molecule has 80 valence electrons. The quantitative estimate of drug-likeness (QED) is 0.739. The fourth-order valence-corrected chi connectivity index (χ4v) is 2.22. The van der Waals surface area contributed by atoms with Crippen LogP contribution >= 0.6 is 15.9 Å². The molecule has 1 nitrogen and oxygen atoms in total. The van der Waals surface area contributed by atoms with Crippen molar-refractivity contribution in [2.45, 2.75) is 33.6 Å². The van der Waals surface area contributed by atoms with Gasteiger partial charge in [-0.05, 0) is 49.9 Å². The van der Waals surface area contributed by atoms with Gasteiger partial charge in [0.2, 0.25) is 0 Å². The van der Waals surface area contributed by atoms with Crippen molar-refractivity contribution in [3.8, 4) is 0 Å². The highest BCUT2D eigenvalue weighted by molar-refractivity contribution is 9.10. The largest absolute Gasteiger partial charge is 0.294 e. The molecule has 0 unspecified atom stereocenters. The van der Waals surface area contributed by atoms with Gasteiger partial charge in [-0.1, -0.05) is 22.9 Å². The zero-order chi connectivity index (χ0) is 11.2. The Morgan fingerprint density at radius 3 is 2.40 bits per heavy atom. The number of ketones is 1. The first-order valence-electron chi connectivity index (χ1n) is 5.25. The summed E-state index contributed by atoms with van der Waals surface area (Å²) in [5.74, 6) is 0.315. The summed E-state index contributed by atoms with van der Waals surface area (Å²) in [4.78, 5) is 12.2. The zero-order valence-corrected chi connectivity index (χ0v) is 10.9. The smallest absolute Gasteiger partial charge is 0.168 e. The van der Waals surface area contributed by atoms with E-state index in [0.717, 1.165) is 34.0 Å². The van der Waals surface area contributed by atoms with Crippen LogP contribution in [0, 0.1) is 19.3 Å². The molecule has 0 amide bonds. The summed E-state index contributed by atoms with van der Waals surface area (Å²) in [6.45, 7) is 6.09. The molecule has 0 bridgehead atoms. The SMILES string of the molecule is Cc1cc(C(=O)C2(C)CC2)c(C)cc1Br. The Hall–Kier alpha value is -0.630. The van der Waals surface area contributed by atoms with Crippen LogP contribution in [-0.2, 0) is 0 Å². The number of carbonyl (C=O) groups excluding carboxylic acids is 1. The molecule has 0 aliphatic heterocycles. The summed E-state index contributed by atoms with van der Waals surface area (Å²) in [5.41, 5.74) is 3.04. The molecule has 2 heteroatoms. The second-order valence-corrected chi connectivity index (χ2v) is 5.66. The van der Waals surface area contributed by atoms with Gasteiger partial charge in [-0.3, -0.25) is 4.79 Å². The number of carbonyl (C=O) groups is 1. The van der Waals surface area contributed by atoms with E-state index in [1.165, 1.54) is 0 Å². The van der Waals surface area contributed by atoms with Crippen LogP contribution in [0.1, 0.15) is 41.3 Å². The second-order valence-electron chi connectivity index (χ2n) is 4.81. The third kappa shape index (κ3) is 1.87. The van der Waals surface area contributed by atoms with Gasteiger partial charge in [0, 0.05) is 15.5 Å². The lowest BCUT2D eigenvalue weighted by atomic mass is 9.92. The highest BCUT2D eigenvalue weighted by atomic mass is 79.9. The third-order valence-corrected chi connectivity index (χ3v) is 4.15. The molecule has 2 rings (SSSR count). The molecule has 0 heterocycles. The van der Waals surface area contributed by atoms with E-state index in [0.29, 0.717) is 5.78 Å². The second kappa shape index (κ2) is 3.44. The minimum atomic E-state index is -0.0645. The Kier molecular flexibility index (Phi) is 2.50. The minimum absolute atomic E-state index is 0.0645. The van der Waals surface area contributed by atoms with E-state index >= 15 is 0 Å². The molecule has 0 aromatic heterocycles. The predicted octanol–water partition coefficient (Wildman–Crippen LogP) is 4.05. The number of halogens is 1. The zero-order valence-electron chi connectivity index (χ0n) is 9.36. The van der Waals surface area contributed by atoms with Crippen LogP contribution in [-0.4, -0.2) is 5.78 Å². The van der Waals surface area contributed by atoms with Crippen LogP contribution in [0.3, 0.4) is 0 Å². The maximum absolute atomic E-state index is 12.2. The fourth-order valence-electron chi connectivity index (χ4n) is 1.77. The van der Waals surface area contributed by atoms with Crippen LogP contribution < -0.4 is 0 Å². The van der Waals surface area contributed by atoms with Crippen molar-refractivity contribution >= 4 is 21.7 Å². The van der Waals surface area contributed by atoms with Crippen molar-refractivity contribution in [3.63, 3.8) is 0 Å². The van der Waals surface area contributed by atoms with Gasteiger partial charge in [-0.2, -0.15) is 0 Å². The molecule has 0 spiro atoms. The van der Waals surface area contributed by atoms with Gasteiger partial charge in [0.05, 0.1) is 0 Å². The standard InChI is InChI=1S/C13H15BrO/c1-8-7-11(14)9(2)6-10(8)12(15)13(3)4-5-13/h6-7H,4-5H2,1-3H3. The number of rotatable bonds is 2. The number of hydrogen-bond acceptors (Lipinski definition) is 1. The number of aryl methyl sites for hydroxylation is 2. The van der Waals surface area contributed by atoms with Crippen molar-refractivity contribution in [2.75, 3.05) is 0 Å². The third-order valence-electron chi connectivity index (χ3n) is 3.30. The van der Waals surface area contributed by atoms with E-state index in [1.54, 1.807) is 0 Å². The van der Waals surface area contributed by atoms with E-state index < -0.39 is 0 Å². The van der Waals surface area contributed by atoms with Crippen molar-refractivity contribution in [1.82, 2.24) is 0 Å². The first kappa shape index (κ1) is 10.9. The van der Waals surface area contributed by atoms with E-state index in [2.05, 4.69) is 22.9 Å². The topological polar surface area (TPSA) is 17.1 Å². The molecular weight excluding hydrogens is 252 g/mol. The van der Waals surface area contributed by atoms with Gasteiger partial charge in [0.1, 0.15) is 0 Å². The van der Waals surface area contributed by atoms with E-state index in [4.69, 9.17) is 0 Å². The Labute approximate surface area is 99.0 Å². The lowest BCUT2D eigenvalue weighted by Gasteiger charge is -2.11. The first-order chi connectivity index (χ1) is 6.94. The monoisotopic (exact) mass is 266 g/mol. The van der Waals surface area contributed by atoms with Gasteiger partial charge in [-0.25, -0.2) is 0 Å². The number of hydrogen-bond donors (Lipinski definition) is 0. The normalized spacial score (nSPS) is 17.6. The van der Waals surface area contributed by atoms with Crippen LogP contribution in [0.25, 0.3) is 0 Å². The molecule has 1 aromatic rings. The van der Waals surface area contributed by atoms with Crippen LogP contribution in [0.4, 0.5) is 0 Å². The summed E-state index contributed by atoms with van der Waals surface area (Å²) >= 11 is 3.48. The molecule has 0 N–H and O–H groups in total. The number of benzene rings is 1. The maximum atomic E-state index is 12.2. The molecule has 15 heavy (non-hydrogen) atoms. The molecule has 1 saturated carbocycles. The van der Waals surface area contributed by atoms with E-state index in [9.17, 15) is 4.79 Å². The molecule has 1 aliphatic carbocycles. The molecule has 1 aromatic carbocycles. The predicted molar refractivity (Wildman–Crippen MR) is 65.3 cm³/mol. The van der Waals surface area contributed by atoms with E-state index in [1.807, 2.05) is 26.0 Å². The molecule has 1 fully saturated rings. The van der Waals surface area contributed by atoms with Crippen molar-refractivity contribution in [2.24, 2.45) is 5.41 Å². The minimum Gasteiger partial charge on any atom is -0.294 e. The lowest BCUT2D eigenvalue weighted by Crippen LogP contribution is -2.13. The highest BCUT2D eigenvalue weighted by Crippen LogP contribution is 2.48. The first-order valence-corrected chi connectivity index (χ1v) is 6.05. The van der Waals surface area contributed by atoms with Gasteiger partial charge >= 0.3 is 0 Å². The molecule has 0 atom stereocenters. The van der Waals surface area contributed by atoms with E-state index in [-0.39, 0.29) is 5.41 Å². The summed E-state index contributed by atoms with van der Waals surface area (Å²) in [6.07, 6.45) is 2.08. The van der Waals surface area contributed by atoms with Crippen molar-refractivity contribution in [3.05, 3.63) is 33.3 Å². The van der Waals surface area contributed by atoms with Crippen molar-refractivity contribution in [1.29, 1.82) is 0 Å². The van der Waals surface area contributed by atoms with Crippen LogP contribution in [0.15, 0.2) is 16.6 Å². The molecular formula is C13H15BrO. The summed E-state index contributed by atoms with van der Waals surface area (Å²) in [5, 5.41) is 0. The maximum Gasteiger partial charge on any atom is 0.168 e. The summed E-state index contributed by atoms with van der Waals surface area (Å²) < 4.78 is 1.08. The Morgan fingerprint density at radius 1 is 1.27 bits per heavy atom. The van der Waals surface area contributed by atoms with Crippen LogP contribution in [0.5, 0.6) is 0 Å². The summed E-state index contributed by atoms with van der Waals surface area (Å²) in [6, 6.07) is 4.04. The Balaban J connectivity index is 2.44. The summed E-state index contributed by atoms with van der Waals surface area (Å²) in [7, 11) is 0. The Morgan fingerprint density at radius 2 is 1.87 bits per heavy atom. The van der Waals surface area contributed by atoms with Gasteiger partial charge < -0.3 is 0 Å². The molecule has 1 aliphatic rings. The average molecular weight is 267 g/mol. The molecule has 0 radical (unpaired) electrons. The average Bonchev–Trinajstić information content (AvgIpc) is 2.90. The Bertz CT molecular complexity index is 430. The van der Waals surface area contributed by atoms with Gasteiger partial charge in [-0.15, -0.1) is 0 Å². The van der Waals surface area contributed by atoms with Gasteiger partial charge in [0.15, 0.2) is 5.78 Å². The van der Waals surface area contributed by atoms with Crippen LogP contribution in [0.2, 0.25) is 0 Å². The van der Waals surface area contributed by atoms with Gasteiger partial charge in [0.25, 0.3) is 0 Å². The molecule has 0 saturated heterocycles. The fraction of sp³-hybridized carbons (Fsp3) is 0.462. The van der Waals surface area contributed by atoms with Crippen molar-refractivity contribution < 1.29 is 4.79 Å². The highest BCUT2D eigenvalue weighted by Gasteiger charge is 2.45. The lowest BCUT2D eigenvalue weighted by molar-refractivity contribution is 0.0912. The number of Topliss-reactive ketones (excluding diaryl/α,β-unsaturated/α-hetero) is 1.